The summed E-state index contributed by atoms with van der Waals surface area (Å²) in [6.45, 7) is 1.16. The summed E-state index contributed by atoms with van der Waals surface area (Å²) in [6.07, 6.45) is 2.26. The smallest absolute Gasteiger partial charge is 0.129 e. The van der Waals surface area contributed by atoms with Crippen molar-refractivity contribution in [3.05, 3.63) is 34.6 Å². The summed E-state index contributed by atoms with van der Waals surface area (Å²) >= 11 is 5.97. The molecule has 0 unspecified atom stereocenters. The second kappa shape index (κ2) is 5.13. The third kappa shape index (κ3) is 2.73. The van der Waals surface area contributed by atoms with E-state index in [0.717, 1.165) is 12.8 Å². The fraction of sp³-hybridized carbons (Fsp3) is 0.500. The van der Waals surface area contributed by atoms with Crippen LogP contribution in [-0.4, -0.2) is 29.2 Å². The maximum absolute atomic E-state index is 13.6. The molecule has 0 radical (unpaired) electrons. The minimum Gasteiger partial charge on any atom is -0.395 e. The first-order valence-electron chi connectivity index (χ1n) is 5.50. The highest BCUT2D eigenvalue weighted by Gasteiger charge is 2.29. The molecule has 1 aliphatic carbocycles. The van der Waals surface area contributed by atoms with E-state index in [0.29, 0.717) is 29.7 Å². The second-order valence-electron chi connectivity index (χ2n) is 4.13. The van der Waals surface area contributed by atoms with Gasteiger partial charge in [-0.25, -0.2) is 4.39 Å². The molecule has 16 heavy (non-hydrogen) atoms. The van der Waals surface area contributed by atoms with Gasteiger partial charge in [-0.1, -0.05) is 17.7 Å². The lowest BCUT2D eigenvalue weighted by atomic mass is 10.2. The van der Waals surface area contributed by atoms with E-state index in [4.69, 9.17) is 16.7 Å². The molecule has 88 valence electrons. The Labute approximate surface area is 99.6 Å². The molecule has 1 saturated carbocycles. The van der Waals surface area contributed by atoms with E-state index in [1.54, 1.807) is 12.1 Å². The molecule has 2 nitrogen and oxygen atoms in total. The van der Waals surface area contributed by atoms with E-state index >= 15 is 0 Å². The SMILES string of the molecule is OCCN(Cc1c(F)cccc1Cl)C1CC1. The number of halogens is 2. The predicted octanol–water partition coefficient (Wildman–Crippen LogP) is 2.44. The Morgan fingerprint density at radius 3 is 2.75 bits per heavy atom. The molecule has 0 atom stereocenters. The molecule has 0 spiro atoms. The summed E-state index contributed by atoms with van der Waals surface area (Å²) in [4.78, 5) is 2.09. The average Bonchev–Trinajstić information content (AvgIpc) is 3.06. The van der Waals surface area contributed by atoms with Gasteiger partial charge in [0, 0.05) is 29.7 Å². The normalized spacial score (nSPS) is 15.8. The molecular weight excluding hydrogens is 229 g/mol. The van der Waals surface area contributed by atoms with Gasteiger partial charge < -0.3 is 5.11 Å². The van der Waals surface area contributed by atoms with Crippen LogP contribution in [0.3, 0.4) is 0 Å². The van der Waals surface area contributed by atoms with E-state index in [1.165, 1.54) is 6.07 Å². The number of hydrogen-bond acceptors (Lipinski definition) is 2. The molecule has 4 heteroatoms. The molecule has 2 rings (SSSR count). The Kier molecular flexibility index (Phi) is 3.79. The zero-order valence-electron chi connectivity index (χ0n) is 9.00. The Hall–Kier alpha value is -0.640. The highest BCUT2D eigenvalue weighted by Crippen LogP contribution is 2.30. The van der Waals surface area contributed by atoms with Crippen molar-refractivity contribution in [1.82, 2.24) is 4.90 Å². The molecule has 1 aromatic carbocycles. The van der Waals surface area contributed by atoms with Crippen molar-refractivity contribution >= 4 is 11.6 Å². The van der Waals surface area contributed by atoms with Crippen molar-refractivity contribution in [3.63, 3.8) is 0 Å². The Morgan fingerprint density at radius 2 is 2.19 bits per heavy atom. The highest BCUT2D eigenvalue weighted by atomic mass is 35.5. The van der Waals surface area contributed by atoms with Crippen LogP contribution in [0.25, 0.3) is 0 Å². The minimum absolute atomic E-state index is 0.0998. The summed E-state index contributed by atoms with van der Waals surface area (Å²) in [6, 6.07) is 5.21. The lowest BCUT2D eigenvalue weighted by Crippen LogP contribution is -2.29. The molecule has 0 aromatic heterocycles. The summed E-state index contributed by atoms with van der Waals surface area (Å²) in [7, 11) is 0. The van der Waals surface area contributed by atoms with Crippen LogP contribution < -0.4 is 0 Å². The first-order chi connectivity index (χ1) is 7.72. The maximum Gasteiger partial charge on any atom is 0.129 e. The Morgan fingerprint density at radius 1 is 1.44 bits per heavy atom. The first-order valence-corrected chi connectivity index (χ1v) is 5.88. The molecule has 1 fully saturated rings. The van der Waals surface area contributed by atoms with Crippen molar-refractivity contribution in [3.8, 4) is 0 Å². The zero-order chi connectivity index (χ0) is 11.5. The van der Waals surface area contributed by atoms with Crippen LogP contribution in [0, 0.1) is 5.82 Å². The molecule has 1 aromatic rings. The zero-order valence-corrected chi connectivity index (χ0v) is 9.75. The topological polar surface area (TPSA) is 23.5 Å². The van der Waals surface area contributed by atoms with Gasteiger partial charge >= 0.3 is 0 Å². The van der Waals surface area contributed by atoms with E-state index in [9.17, 15) is 4.39 Å². The van der Waals surface area contributed by atoms with E-state index in [-0.39, 0.29) is 12.4 Å². The van der Waals surface area contributed by atoms with Gasteiger partial charge in [-0.15, -0.1) is 0 Å². The van der Waals surface area contributed by atoms with E-state index in [2.05, 4.69) is 4.90 Å². The summed E-state index contributed by atoms with van der Waals surface area (Å²) in [5, 5.41) is 9.42. The summed E-state index contributed by atoms with van der Waals surface area (Å²) < 4.78 is 13.6. The van der Waals surface area contributed by atoms with Gasteiger partial charge in [-0.05, 0) is 25.0 Å². The van der Waals surface area contributed by atoms with Crippen molar-refractivity contribution in [2.45, 2.75) is 25.4 Å². The third-order valence-electron chi connectivity index (χ3n) is 2.87. The van der Waals surface area contributed by atoms with E-state index in [1.807, 2.05) is 0 Å². The van der Waals surface area contributed by atoms with Crippen molar-refractivity contribution in [1.29, 1.82) is 0 Å². The van der Waals surface area contributed by atoms with Gasteiger partial charge in [0.25, 0.3) is 0 Å². The number of benzene rings is 1. The van der Waals surface area contributed by atoms with Crippen LogP contribution in [0.15, 0.2) is 18.2 Å². The largest absolute Gasteiger partial charge is 0.395 e. The molecule has 1 N–H and O–H groups in total. The fourth-order valence-corrected chi connectivity index (χ4v) is 2.07. The number of nitrogens with zero attached hydrogens (tertiary/aromatic N) is 1. The van der Waals surface area contributed by atoms with Gasteiger partial charge in [0.15, 0.2) is 0 Å². The summed E-state index contributed by atoms with van der Waals surface area (Å²) in [5.74, 6) is -0.268. The second-order valence-corrected chi connectivity index (χ2v) is 4.53. The van der Waals surface area contributed by atoms with Crippen molar-refractivity contribution in [2.75, 3.05) is 13.2 Å². The summed E-state index contributed by atoms with van der Waals surface area (Å²) in [5.41, 5.74) is 0.532. The van der Waals surface area contributed by atoms with Gasteiger partial charge in [0.05, 0.1) is 6.61 Å². The lowest BCUT2D eigenvalue weighted by molar-refractivity contribution is 0.182. The molecule has 0 saturated heterocycles. The monoisotopic (exact) mass is 243 g/mol. The van der Waals surface area contributed by atoms with Gasteiger partial charge in [-0.3, -0.25) is 4.90 Å². The van der Waals surface area contributed by atoms with Crippen LogP contribution in [-0.2, 0) is 6.54 Å². The first kappa shape index (κ1) is 11.8. The molecule has 0 aliphatic heterocycles. The lowest BCUT2D eigenvalue weighted by Gasteiger charge is -2.21. The number of rotatable bonds is 5. The number of aliphatic hydroxyl groups excluding tert-OH is 1. The van der Waals surface area contributed by atoms with Crippen LogP contribution in [0.1, 0.15) is 18.4 Å². The predicted molar refractivity (Wildman–Crippen MR) is 61.9 cm³/mol. The van der Waals surface area contributed by atoms with Crippen LogP contribution in [0.4, 0.5) is 4.39 Å². The standard InChI is InChI=1S/C12H15ClFNO/c13-11-2-1-3-12(14)10(11)8-15(6-7-16)9-4-5-9/h1-3,9,16H,4-8H2. The maximum atomic E-state index is 13.6. The van der Waals surface area contributed by atoms with Crippen molar-refractivity contribution in [2.24, 2.45) is 0 Å². The van der Waals surface area contributed by atoms with E-state index < -0.39 is 0 Å². The molecule has 0 heterocycles. The quantitative estimate of drug-likeness (QED) is 0.859. The molecule has 0 amide bonds. The Balaban J connectivity index is 2.11. The molecular formula is C12H15ClFNO. The van der Waals surface area contributed by atoms with Crippen LogP contribution >= 0.6 is 11.6 Å². The van der Waals surface area contributed by atoms with Crippen molar-refractivity contribution < 1.29 is 9.50 Å². The van der Waals surface area contributed by atoms with Crippen LogP contribution in [0.2, 0.25) is 5.02 Å². The van der Waals surface area contributed by atoms with Gasteiger partial charge in [-0.2, -0.15) is 0 Å². The van der Waals surface area contributed by atoms with Gasteiger partial charge in [0.1, 0.15) is 5.82 Å². The molecule has 1 aliphatic rings. The number of aliphatic hydroxyl groups is 1. The Bertz CT molecular complexity index is 348. The minimum atomic E-state index is -0.268. The van der Waals surface area contributed by atoms with Gasteiger partial charge in [0.2, 0.25) is 0 Å². The molecule has 0 bridgehead atoms. The third-order valence-corrected chi connectivity index (χ3v) is 3.23. The fourth-order valence-electron chi connectivity index (χ4n) is 1.85. The number of hydrogen-bond donors (Lipinski definition) is 1. The average molecular weight is 244 g/mol. The van der Waals surface area contributed by atoms with Crippen LogP contribution in [0.5, 0.6) is 0 Å². The highest BCUT2D eigenvalue weighted by molar-refractivity contribution is 6.31.